The number of nitrogen functional groups attached to an aromatic ring is 1. The minimum atomic E-state index is -0.560. The standard InChI is InChI=1S/C12H12BrN3O2/c1-15-5-6-16(12(18)11(15)17)7-8-9(13)3-2-4-10(8)14/h2-6H,7,14H2,1H3. The van der Waals surface area contributed by atoms with E-state index in [1.807, 2.05) is 12.1 Å². The highest BCUT2D eigenvalue weighted by Crippen LogP contribution is 2.22. The van der Waals surface area contributed by atoms with E-state index in [1.54, 1.807) is 25.5 Å². The first kappa shape index (κ1) is 12.6. The lowest BCUT2D eigenvalue weighted by Gasteiger charge is -2.10. The molecule has 18 heavy (non-hydrogen) atoms. The Morgan fingerprint density at radius 2 is 1.94 bits per heavy atom. The molecule has 0 unspecified atom stereocenters. The van der Waals surface area contributed by atoms with Gasteiger partial charge >= 0.3 is 11.1 Å². The Morgan fingerprint density at radius 3 is 2.61 bits per heavy atom. The highest BCUT2D eigenvalue weighted by Gasteiger charge is 2.08. The molecule has 0 spiro atoms. The Hall–Kier alpha value is -1.82. The molecule has 0 aliphatic heterocycles. The molecule has 0 amide bonds. The number of hydrogen-bond acceptors (Lipinski definition) is 3. The van der Waals surface area contributed by atoms with E-state index in [0.717, 1.165) is 10.0 Å². The predicted octanol–water partition coefficient (Wildman–Crippen LogP) is 0.940. The fraction of sp³-hybridized carbons (Fsp3) is 0.167. The van der Waals surface area contributed by atoms with E-state index in [0.29, 0.717) is 5.69 Å². The van der Waals surface area contributed by atoms with Crippen molar-refractivity contribution in [2.24, 2.45) is 7.05 Å². The number of benzene rings is 1. The van der Waals surface area contributed by atoms with E-state index in [9.17, 15) is 9.59 Å². The number of aryl methyl sites for hydroxylation is 1. The van der Waals surface area contributed by atoms with Gasteiger partial charge in [0.1, 0.15) is 0 Å². The molecule has 0 aliphatic carbocycles. The molecule has 94 valence electrons. The fourth-order valence-corrected chi connectivity index (χ4v) is 2.13. The first-order valence-corrected chi connectivity index (χ1v) is 6.09. The van der Waals surface area contributed by atoms with Crippen LogP contribution >= 0.6 is 15.9 Å². The Balaban J connectivity index is 2.51. The molecule has 1 heterocycles. The summed E-state index contributed by atoms with van der Waals surface area (Å²) in [7, 11) is 1.54. The van der Waals surface area contributed by atoms with Gasteiger partial charge in [0.15, 0.2) is 0 Å². The summed E-state index contributed by atoms with van der Waals surface area (Å²) in [5.74, 6) is 0. The molecule has 5 nitrogen and oxygen atoms in total. The molecule has 1 aromatic carbocycles. The van der Waals surface area contributed by atoms with Crippen LogP contribution in [0.1, 0.15) is 5.56 Å². The van der Waals surface area contributed by atoms with E-state index in [-0.39, 0.29) is 6.54 Å². The Bertz CT molecular complexity index is 683. The smallest absolute Gasteiger partial charge is 0.316 e. The monoisotopic (exact) mass is 309 g/mol. The second kappa shape index (κ2) is 4.81. The van der Waals surface area contributed by atoms with Gasteiger partial charge in [-0.1, -0.05) is 22.0 Å². The van der Waals surface area contributed by atoms with Crippen molar-refractivity contribution < 1.29 is 0 Å². The molecule has 2 N–H and O–H groups in total. The van der Waals surface area contributed by atoms with Crippen LogP contribution in [0, 0.1) is 0 Å². The molecule has 1 aromatic heterocycles. The summed E-state index contributed by atoms with van der Waals surface area (Å²) < 4.78 is 3.41. The van der Waals surface area contributed by atoms with E-state index in [1.165, 1.54) is 9.13 Å². The van der Waals surface area contributed by atoms with E-state index in [2.05, 4.69) is 15.9 Å². The molecule has 0 atom stereocenters. The third-order valence-corrected chi connectivity index (χ3v) is 3.46. The molecular weight excluding hydrogens is 298 g/mol. The summed E-state index contributed by atoms with van der Waals surface area (Å²) in [4.78, 5) is 23.3. The van der Waals surface area contributed by atoms with Gasteiger partial charge in [0.2, 0.25) is 0 Å². The number of nitrogens with two attached hydrogens (primary N) is 1. The largest absolute Gasteiger partial charge is 0.398 e. The molecule has 0 bridgehead atoms. The zero-order valence-electron chi connectivity index (χ0n) is 9.76. The van der Waals surface area contributed by atoms with Crippen LogP contribution in [0.5, 0.6) is 0 Å². The molecule has 2 rings (SSSR count). The number of anilines is 1. The maximum Gasteiger partial charge on any atom is 0.316 e. The highest BCUT2D eigenvalue weighted by molar-refractivity contribution is 9.10. The molecule has 0 saturated heterocycles. The van der Waals surface area contributed by atoms with Gasteiger partial charge < -0.3 is 14.9 Å². The Morgan fingerprint density at radius 1 is 1.22 bits per heavy atom. The van der Waals surface area contributed by atoms with Gasteiger partial charge in [-0.05, 0) is 12.1 Å². The van der Waals surface area contributed by atoms with Gasteiger partial charge in [-0.15, -0.1) is 0 Å². The van der Waals surface area contributed by atoms with Crippen LogP contribution in [-0.4, -0.2) is 9.13 Å². The topological polar surface area (TPSA) is 70.0 Å². The van der Waals surface area contributed by atoms with Crippen LogP contribution in [-0.2, 0) is 13.6 Å². The lowest BCUT2D eigenvalue weighted by molar-refractivity contribution is 0.695. The minimum absolute atomic E-state index is 0.266. The van der Waals surface area contributed by atoms with Crippen LogP contribution < -0.4 is 16.9 Å². The number of nitrogens with zero attached hydrogens (tertiary/aromatic N) is 2. The van der Waals surface area contributed by atoms with Crippen molar-refractivity contribution in [2.75, 3.05) is 5.73 Å². The van der Waals surface area contributed by atoms with Gasteiger partial charge in [0.25, 0.3) is 0 Å². The van der Waals surface area contributed by atoms with Crippen molar-refractivity contribution in [2.45, 2.75) is 6.54 Å². The van der Waals surface area contributed by atoms with Gasteiger partial charge in [-0.2, -0.15) is 0 Å². The minimum Gasteiger partial charge on any atom is -0.398 e. The number of aromatic nitrogens is 2. The summed E-state index contributed by atoms with van der Waals surface area (Å²) in [5.41, 5.74) is 6.11. The maximum atomic E-state index is 11.8. The SMILES string of the molecule is Cn1ccn(Cc2c(N)cccc2Br)c(=O)c1=O. The first-order chi connectivity index (χ1) is 8.50. The van der Waals surface area contributed by atoms with Crippen LogP contribution in [0.4, 0.5) is 5.69 Å². The van der Waals surface area contributed by atoms with Crippen LogP contribution in [0.15, 0.2) is 44.7 Å². The number of rotatable bonds is 2. The van der Waals surface area contributed by atoms with Gasteiger partial charge in [0.05, 0.1) is 6.54 Å². The predicted molar refractivity (Wildman–Crippen MR) is 73.6 cm³/mol. The molecule has 0 saturated carbocycles. The van der Waals surface area contributed by atoms with E-state index >= 15 is 0 Å². The zero-order valence-corrected chi connectivity index (χ0v) is 11.3. The van der Waals surface area contributed by atoms with Crippen molar-refractivity contribution in [3.63, 3.8) is 0 Å². The maximum absolute atomic E-state index is 11.8. The second-order valence-electron chi connectivity index (χ2n) is 3.95. The van der Waals surface area contributed by atoms with Crippen LogP contribution in [0.25, 0.3) is 0 Å². The average Bonchev–Trinajstić information content (AvgIpc) is 2.34. The summed E-state index contributed by atoms with van der Waals surface area (Å²) >= 11 is 3.38. The molecule has 6 heteroatoms. The lowest BCUT2D eigenvalue weighted by atomic mass is 10.2. The van der Waals surface area contributed by atoms with Gasteiger partial charge in [0, 0.05) is 35.2 Å². The third-order valence-electron chi connectivity index (χ3n) is 2.72. The summed E-state index contributed by atoms with van der Waals surface area (Å²) in [5, 5.41) is 0. The molecular formula is C12H12BrN3O2. The second-order valence-corrected chi connectivity index (χ2v) is 4.81. The van der Waals surface area contributed by atoms with E-state index in [4.69, 9.17) is 5.73 Å². The fourth-order valence-electron chi connectivity index (χ4n) is 1.63. The molecule has 0 radical (unpaired) electrons. The summed E-state index contributed by atoms with van der Waals surface area (Å²) in [6.45, 7) is 0.266. The van der Waals surface area contributed by atoms with Crippen molar-refractivity contribution in [1.82, 2.24) is 9.13 Å². The quantitative estimate of drug-likeness (QED) is 0.663. The number of hydrogen-bond donors (Lipinski definition) is 1. The zero-order chi connectivity index (χ0) is 13.3. The normalized spacial score (nSPS) is 10.6. The van der Waals surface area contributed by atoms with Crippen molar-refractivity contribution in [3.05, 3.63) is 61.3 Å². The Labute approximate surface area is 112 Å². The number of halogens is 1. The lowest BCUT2D eigenvalue weighted by Crippen LogP contribution is -2.39. The molecule has 0 aliphatic rings. The average molecular weight is 310 g/mol. The Kier molecular flexibility index (Phi) is 3.38. The van der Waals surface area contributed by atoms with Crippen molar-refractivity contribution in [3.8, 4) is 0 Å². The van der Waals surface area contributed by atoms with Crippen LogP contribution in [0.2, 0.25) is 0 Å². The summed E-state index contributed by atoms with van der Waals surface area (Å²) in [6, 6.07) is 5.42. The van der Waals surface area contributed by atoms with Gasteiger partial charge in [-0.25, -0.2) is 0 Å². The van der Waals surface area contributed by atoms with Crippen molar-refractivity contribution >= 4 is 21.6 Å². The molecule has 0 fully saturated rings. The van der Waals surface area contributed by atoms with Crippen LogP contribution in [0.3, 0.4) is 0 Å². The summed E-state index contributed by atoms with van der Waals surface area (Å²) in [6.07, 6.45) is 3.12. The molecule has 2 aromatic rings. The first-order valence-electron chi connectivity index (χ1n) is 5.29. The highest BCUT2D eigenvalue weighted by atomic mass is 79.9. The van der Waals surface area contributed by atoms with Crippen molar-refractivity contribution in [1.29, 1.82) is 0 Å². The third kappa shape index (κ3) is 2.24. The van der Waals surface area contributed by atoms with E-state index < -0.39 is 11.1 Å². The van der Waals surface area contributed by atoms with Gasteiger partial charge in [-0.3, -0.25) is 9.59 Å².